The zero-order valence-corrected chi connectivity index (χ0v) is 16.7. The maximum Gasteiger partial charge on any atom is 0.289 e. The molecule has 2 aromatic rings. The van der Waals surface area contributed by atoms with Crippen LogP contribution >= 0.6 is 0 Å². The fraction of sp³-hybridized carbons (Fsp3) is 0.435. The first kappa shape index (κ1) is 19.5. The summed E-state index contributed by atoms with van der Waals surface area (Å²) in [4.78, 5) is 12.9. The van der Waals surface area contributed by atoms with E-state index in [2.05, 4.69) is 5.32 Å². The first-order chi connectivity index (χ1) is 14.5. The zero-order valence-electron chi connectivity index (χ0n) is 16.7. The van der Waals surface area contributed by atoms with Gasteiger partial charge in [-0.2, -0.15) is 0 Å². The predicted molar refractivity (Wildman–Crippen MR) is 107 cm³/mol. The Balaban J connectivity index is 1.50. The fourth-order valence-corrected chi connectivity index (χ4v) is 4.35. The Kier molecular flexibility index (Phi) is 4.76. The largest absolute Gasteiger partial charge is 0.496 e. The van der Waals surface area contributed by atoms with E-state index in [-0.39, 0.29) is 12.0 Å². The molecule has 0 radical (unpaired) electrons. The third kappa shape index (κ3) is 3.27. The Bertz CT molecular complexity index is 992. The summed E-state index contributed by atoms with van der Waals surface area (Å²) in [6.07, 6.45) is 2.92. The maximum absolute atomic E-state index is 13.8. The van der Waals surface area contributed by atoms with E-state index in [0.29, 0.717) is 40.7 Å². The molecule has 2 fully saturated rings. The van der Waals surface area contributed by atoms with Gasteiger partial charge in [-0.05, 0) is 54.7 Å². The van der Waals surface area contributed by atoms with Gasteiger partial charge in [0.2, 0.25) is 0 Å². The van der Waals surface area contributed by atoms with E-state index < -0.39 is 17.7 Å². The van der Waals surface area contributed by atoms with Gasteiger partial charge in [0, 0.05) is 11.1 Å². The van der Waals surface area contributed by atoms with Crippen LogP contribution in [0.5, 0.6) is 5.75 Å². The molecule has 158 valence electrons. The number of rotatable bonds is 5. The van der Waals surface area contributed by atoms with Crippen LogP contribution in [0.3, 0.4) is 0 Å². The number of methoxy groups -OCH3 is 1. The van der Waals surface area contributed by atoms with Crippen molar-refractivity contribution in [3.8, 4) is 5.75 Å². The maximum atomic E-state index is 13.8. The Morgan fingerprint density at radius 3 is 2.87 bits per heavy atom. The van der Waals surface area contributed by atoms with E-state index in [1.54, 1.807) is 18.2 Å². The normalized spacial score (nSPS) is 26.4. The van der Waals surface area contributed by atoms with Crippen LogP contribution in [0.1, 0.15) is 48.5 Å². The molecule has 2 heterocycles. The average Bonchev–Trinajstić information content (AvgIpc) is 3.53. The number of ether oxygens (including phenoxy) is 3. The van der Waals surface area contributed by atoms with Crippen molar-refractivity contribution in [3.05, 3.63) is 58.9 Å². The van der Waals surface area contributed by atoms with Crippen molar-refractivity contribution < 1.29 is 28.5 Å². The summed E-state index contributed by atoms with van der Waals surface area (Å²) in [5, 5.41) is 13.8. The van der Waals surface area contributed by atoms with Gasteiger partial charge in [-0.3, -0.25) is 4.79 Å². The third-order valence-electron chi connectivity index (χ3n) is 6.12. The van der Waals surface area contributed by atoms with Crippen molar-refractivity contribution in [2.45, 2.75) is 43.7 Å². The van der Waals surface area contributed by atoms with E-state index in [9.17, 15) is 14.3 Å². The van der Waals surface area contributed by atoms with Crippen molar-refractivity contribution in [3.63, 3.8) is 0 Å². The van der Waals surface area contributed by atoms with Crippen molar-refractivity contribution in [2.24, 2.45) is 5.92 Å². The summed E-state index contributed by atoms with van der Waals surface area (Å²) in [5.41, 5.74) is 1.93. The Labute approximate surface area is 173 Å². The first-order valence-corrected chi connectivity index (χ1v) is 10.3. The topological polar surface area (TPSA) is 77.0 Å². The molecule has 0 bridgehead atoms. The lowest BCUT2D eigenvalue weighted by atomic mass is 9.95. The second-order valence-corrected chi connectivity index (χ2v) is 8.22. The van der Waals surface area contributed by atoms with Crippen molar-refractivity contribution in [2.75, 3.05) is 19.0 Å². The van der Waals surface area contributed by atoms with Gasteiger partial charge in [-0.1, -0.05) is 18.9 Å². The van der Waals surface area contributed by atoms with Gasteiger partial charge >= 0.3 is 0 Å². The van der Waals surface area contributed by atoms with Crippen LogP contribution in [0.25, 0.3) is 0 Å². The second-order valence-electron chi connectivity index (χ2n) is 8.22. The highest BCUT2D eigenvalue weighted by molar-refractivity contribution is 6.04. The van der Waals surface area contributed by atoms with Gasteiger partial charge < -0.3 is 24.6 Å². The van der Waals surface area contributed by atoms with Crippen molar-refractivity contribution in [1.29, 1.82) is 0 Å². The average molecular weight is 413 g/mol. The monoisotopic (exact) mass is 413 g/mol. The number of aliphatic hydroxyl groups is 1. The molecule has 3 aliphatic rings. The minimum absolute atomic E-state index is 0.0418. The van der Waals surface area contributed by atoms with E-state index in [0.717, 1.165) is 12.8 Å². The first-order valence-electron chi connectivity index (χ1n) is 10.3. The summed E-state index contributed by atoms with van der Waals surface area (Å²) >= 11 is 0. The molecule has 30 heavy (non-hydrogen) atoms. The molecule has 2 N–H and O–H groups in total. The molecule has 6 nitrogen and oxygen atoms in total. The lowest BCUT2D eigenvalue weighted by molar-refractivity contribution is -0.281. The summed E-state index contributed by atoms with van der Waals surface area (Å²) < 4.78 is 31.2. The summed E-state index contributed by atoms with van der Waals surface area (Å²) in [6, 6.07) is 9.10. The van der Waals surface area contributed by atoms with Gasteiger partial charge in [-0.25, -0.2) is 4.39 Å². The SMILES string of the molecule is COc1ccc(F)cc1C(O)c1ccc2c(c1)C1(OCCC(CC3CC3)O1)C(=O)N2. The molecule has 1 spiro atoms. The van der Waals surface area contributed by atoms with E-state index in [1.807, 2.05) is 0 Å². The predicted octanol–water partition coefficient (Wildman–Crippen LogP) is 3.63. The lowest BCUT2D eigenvalue weighted by Gasteiger charge is -2.37. The van der Waals surface area contributed by atoms with Gasteiger partial charge in [0.25, 0.3) is 11.7 Å². The van der Waals surface area contributed by atoms with Crippen LogP contribution in [0.2, 0.25) is 0 Å². The molecule has 3 atom stereocenters. The third-order valence-corrected chi connectivity index (χ3v) is 6.12. The number of halogens is 1. The van der Waals surface area contributed by atoms with Gasteiger partial charge in [-0.15, -0.1) is 0 Å². The molecular formula is C23H24FNO5. The van der Waals surface area contributed by atoms with Crippen LogP contribution in [-0.2, 0) is 20.1 Å². The molecule has 1 amide bonds. The van der Waals surface area contributed by atoms with Crippen LogP contribution in [0, 0.1) is 11.7 Å². The quantitative estimate of drug-likeness (QED) is 0.783. The molecule has 5 rings (SSSR count). The van der Waals surface area contributed by atoms with Crippen LogP contribution in [0.4, 0.5) is 10.1 Å². The zero-order chi connectivity index (χ0) is 20.9. The number of carbonyl (C=O) groups is 1. The fourth-order valence-electron chi connectivity index (χ4n) is 4.35. The van der Waals surface area contributed by atoms with E-state index in [1.165, 1.54) is 38.2 Å². The Morgan fingerprint density at radius 2 is 2.10 bits per heavy atom. The van der Waals surface area contributed by atoms with Gasteiger partial charge in [0.05, 0.1) is 25.5 Å². The van der Waals surface area contributed by atoms with Crippen LogP contribution in [-0.4, -0.2) is 30.8 Å². The molecule has 1 saturated heterocycles. The van der Waals surface area contributed by atoms with E-state index in [4.69, 9.17) is 14.2 Å². The molecule has 1 aliphatic carbocycles. The minimum atomic E-state index is -1.51. The smallest absolute Gasteiger partial charge is 0.289 e. The number of hydrogen-bond donors (Lipinski definition) is 2. The van der Waals surface area contributed by atoms with Gasteiger partial charge in [0.1, 0.15) is 17.7 Å². The minimum Gasteiger partial charge on any atom is -0.496 e. The number of hydrogen-bond acceptors (Lipinski definition) is 5. The molecule has 2 aliphatic heterocycles. The molecular weight excluding hydrogens is 389 g/mol. The van der Waals surface area contributed by atoms with Crippen molar-refractivity contribution >= 4 is 11.6 Å². The highest BCUT2D eigenvalue weighted by atomic mass is 19.1. The van der Waals surface area contributed by atoms with Crippen LogP contribution in [0.15, 0.2) is 36.4 Å². The number of nitrogens with one attached hydrogen (secondary N) is 1. The standard InChI is InChI=1S/C23H24FNO5/c1-28-20-7-5-15(24)12-17(20)21(26)14-4-6-19-18(11-14)23(22(27)25-19)29-9-8-16(30-23)10-13-2-3-13/h4-7,11-13,16,21,26H,2-3,8-10H2,1H3,(H,25,27). The van der Waals surface area contributed by atoms with Gasteiger partial charge in [0.15, 0.2) is 0 Å². The molecule has 2 aromatic carbocycles. The number of carbonyl (C=O) groups excluding carboxylic acids is 1. The molecule has 3 unspecified atom stereocenters. The molecule has 0 aromatic heterocycles. The highest BCUT2D eigenvalue weighted by Gasteiger charge is 2.53. The number of anilines is 1. The number of benzene rings is 2. The lowest BCUT2D eigenvalue weighted by Crippen LogP contribution is -2.47. The van der Waals surface area contributed by atoms with E-state index >= 15 is 0 Å². The molecule has 7 heteroatoms. The second kappa shape index (κ2) is 7.34. The molecule has 1 saturated carbocycles. The van der Waals surface area contributed by atoms with Crippen molar-refractivity contribution in [1.82, 2.24) is 0 Å². The van der Waals surface area contributed by atoms with Crippen LogP contribution < -0.4 is 10.1 Å². The Hall–Kier alpha value is -2.48. The number of amides is 1. The highest BCUT2D eigenvalue weighted by Crippen LogP contribution is 2.46. The summed E-state index contributed by atoms with van der Waals surface area (Å²) in [6.45, 7) is 0.425. The Morgan fingerprint density at radius 1 is 1.27 bits per heavy atom. The number of aliphatic hydroxyl groups excluding tert-OH is 1. The number of fused-ring (bicyclic) bond motifs is 2. The summed E-state index contributed by atoms with van der Waals surface area (Å²) in [7, 11) is 1.47. The summed E-state index contributed by atoms with van der Waals surface area (Å²) in [5.74, 6) is -1.28.